The van der Waals surface area contributed by atoms with Crippen LogP contribution in [-0.2, 0) is 14.8 Å². The van der Waals surface area contributed by atoms with Crippen molar-refractivity contribution in [2.24, 2.45) is 0 Å². The molecule has 2 aromatic rings. The Morgan fingerprint density at radius 3 is 2.71 bits per heavy atom. The van der Waals surface area contributed by atoms with E-state index in [1.807, 2.05) is 12.3 Å². The van der Waals surface area contributed by atoms with Crippen molar-refractivity contribution < 1.29 is 17.9 Å². The zero-order chi connectivity index (χ0) is 17.7. The van der Waals surface area contributed by atoms with Gasteiger partial charge in [0.25, 0.3) is 0 Å². The number of aryl methyl sites for hydroxylation is 1. The van der Waals surface area contributed by atoms with Crippen LogP contribution in [0.4, 0.5) is 11.4 Å². The molecule has 9 heteroatoms. The van der Waals surface area contributed by atoms with Gasteiger partial charge < -0.3 is 10.1 Å². The number of hydrogen-bond donors (Lipinski definition) is 2. The van der Waals surface area contributed by atoms with Crippen molar-refractivity contribution in [1.29, 1.82) is 0 Å². The van der Waals surface area contributed by atoms with E-state index >= 15 is 0 Å². The van der Waals surface area contributed by atoms with E-state index < -0.39 is 10.0 Å². The Bertz CT molecular complexity index is 873. The maximum absolute atomic E-state index is 11.9. The van der Waals surface area contributed by atoms with Crippen LogP contribution in [0.1, 0.15) is 10.7 Å². The van der Waals surface area contributed by atoms with Crippen molar-refractivity contribution in [3.63, 3.8) is 0 Å². The van der Waals surface area contributed by atoms with Gasteiger partial charge in [0, 0.05) is 23.2 Å². The number of hydrogen-bond acceptors (Lipinski definition) is 6. The quantitative estimate of drug-likeness (QED) is 0.765. The number of thiazole rings is 1. The molecule has 1 aromatic heterocycles. The minimum Gasteiger partial charge on any atom is -0.494 e. The van der Waals surface area contributed by atoms with Crippen LogP contribution in [-0.4, -0.2) is 32.7 Å². The summed E-state index contributed by atoms with van der Waals surface area (Å²) in [5.74, 6) is -0.0242. The molecule has 0 saturated carbocycles. The second-order valence-electron chi connectivity index (χ2n) is 4.90. The summed E-state index contributed by atoms with van der Waals surface area (Å²) in [5, 5.41) is 5.46. The van der Waals surface area contributed by atoms with Gasteiger partial charge in [0.05, 0.1) is 29.8 Å². The lowest BCUT2D eigenvalue weighted by Crippen LogP contribution is -2.11. The van der Waals surface area contributed by atoms with E-state index in [-0.39, 0.29) is 5.91 Å². The van der Waals surface area contributed by atoms with Crippen LogP contribution in [0.25, 0.3) is 6.08 Å². The lowest BCUT2D eigenvalue weighted by Gasteiger charge is -2.11. The first kappa shape index (κ1) is 18.0. The van der Waals surface area contributed by atoms with Crippen LogP contribution in [0.2, 0.25) is 0 Å². The zero-order valence-corrected chi connectivity index (χ0v) is 15.0. The highest BCUT2D eigenvalue weighted by Crippen LogP contribution is 2.28. The van der Waals surface area contributed by atoms with Crippen molar-refractivity contribution in [2.75, 3.05) is 23.4 Å². The predicted octanol–water partition coefficient (Wildman–Crippen LogP) is 2.48. The van der Waals surface area contributed by atoms with Gasteiger partial charge >= 0.3 is 0 Å². The second-order valence-corrected chi connectivity index (χ2v) is 7.71. The van der Waals surface area contributed by atoms with Crippen molar-refractivity contribution in [3.05, 3.63) is 40.4 Å². The Morgan fingerprint density at radius 2 is 2.12 bits per heavy atom. The van der Waals surface area contributed by atoms with E-state index in [2.05, 4.69) is 15.0 Å². The Morgan fingerprint density at radius 1 is 1.38 bits per heavy atom. The highest BCUT2D eigenvalue weighted by molar-refractivity contribution is 7.92. The van der Waals surface area contributed by atoms with Crippen LogP contribution >= 0.6 is 11.3 Å². The largest absolute Gasteiger partial charge is 0.494 e. The molecular formula is C15H17N3O4S2. The van der Waals surface area contributed by atoms with E-state index in [1.165, 1.54) is 36.7 Å². The summed E-state index contributed by atoms with van der Waals surface area (Å²) in [4.78, 5) is 16.2. The van der Waals surface area contributed by atoms with Crippen molar-refractivity contribution in [2.45, 2.75) is 6.92 Å². The molecule has 0 aliphatic carbocycles. The van der Waals surface area contributed by atoms with Crippen LogP contribution in [0, 0.1) is 6.92 Å². The molecule has 1 aromatic carbocycles. The van der Waals surface area contributed by atoms with Gasteiger partial charge in [-0.3, -0.25) is 9.52 Å². The average Bonchev–Trinajstić information content (AvgIpc) is 2.91. The SMILES string of the molecule is COc1cc(NC(=O)C=Cc2csc(C)n2)ccc1NS(C)(=O)=O. The van der Waals surface area contributed by atoms with Gasteiger partial charge in [0.15, 0.2) is 0 Å². The maximum Gasteiger partial charge on any atom is 0.248 e. The van der Waals surface area contributed by atoms with E-state index in [0.717, 1.165) is 17.0 Å². The maximum atomic E-state index is 11.9. The Kier molecular flexibility index (Phi) is 5.58. The molecule has 0 saturated heterocycles. The van der Waals surface area contributed by atoms with E-state index in [4.69, 9.17) is 4.74 Å². The molecule has 2 N–H and O–H groups in total. The lowest BCUT2D eigenvalue weighted by molar-refractivity contribution is -0.111. The number of amides is 1. The summed E-state index contributed by atoms with van der Waals surface area (Å²) in [5.41, 5.74) is 1.50. The number of nitrogens with one attached hydrogen (secondary N) is 2. The topological polar surface area (TPSA) is 97.4 Å². The highest BCUT2D eigenvalue weighted by Gasteiger charge is 2.10. The number of aromatic nitrogens is 1. The van der Waals surface area contributed by atoms with Gasteiger partial charge in [-0.25, -0.2) is 13.4 Å². The number of anilines is 2. The van der Waals surface area contributed by atoms with Gasteiger partial charge in [-0.2, -0.15) is 0 Å². The molecule has 0 unspecified atom stereocenters. The molecular weight excluding hydrogens is 350 g/mol. The molecule has 1 heterocycles. The molecule has 0 aliphatic heterocycles. The molecule has 1 amide bonds. The summed E-state index contributed by atoms with van der Waals surface area (Å²) in [6.45, 7) is 1.89. The third kappa shape index (κ3) is 5.36. The van der Waals surface area contributed by atoms with Crippen molar-refractivity contribution in [3.8, 4) is 5.75 Å². The minimum atomic E-state index is -3.42. The van der Waals surface area contributed by atoms with Crippen LogP contribution in [0.15, 0.2) is 29.7 Å². The molecule has 24 heavy (non-hydrogen) atoms. The first-order chi connectivity index (χ1) is 11.3. The van der Waals surface area contributed by atoms with Crippen LogP contribution < -0.4 is 14.8 Å². The number of ether oxygens (including phenoxy) is 1. The second kappa shape index (κ2) is 7.45. The average molecular weight is 367 g/mol. The van der Waals surface area contributed by atoms with Gasteiger partial charge in [0.2, 0.25) is 15.9 Å². The normalized spacial score (nSPS) is 11.5. The molecule has 0 aliphatic rings. The first-order valence-electron chi connectivity index (χ1n) is 6.84. The van der Waals surface area contributed by atoms with E-state index in [0.29, 0.717) is 17.1 Å². The number of rotatable bonds is 6. The number of carbonyl (C=O) groups excluding carboxylic acids is 1. The van der Waals surface area contributed by atoms with Crippen molar-refractivity contribution in [1.82, 2.24) is 4.98 Å². The van der Waals surface area contributed by atoms with Crippen LogP contribution in [0.5, 0.6) is 5.75 Å². The number of benzene rings is 1. The first-order valence-corrected chi connectivity index (χ1v) is 9.61. The lowest BCUT2D eigenvalue weighted by atomic mass is 10.2. The third-order valence-corrected chi connectivity index (χ3v) is 4.19. The molecule has 0 spiro atoms. The predicted molar refractivity (Wildman–Crippen MR) is 96.0 cm³/mol. The third-order valence-electron chi connectivity index (χ3n) is 2.81. The van der Waals surface area contributed by atoms with Gasteiger partial charge in [-0.05, 0) is 25.1 Å². The molecule has 0 radical (unpaired) electrons. The zero-order valence-electron chi connectivity index (χ0n) is 13.4. The summed E-state index contributed by atoms with van der Waals surface area (Å²) in [6, 6.07) is 4.63. The molecule has 7 nitrogen and oxygen atoms in total. The minimum absolute atomic E-state index is 0.298. The van der Waals surface area contributed by atoms with Gasteiger partial charge in [0.1, 0.15) is 5.75 Å². The molecule has 0 atom stereocenters. The standard InChI is InChI=1S/C15H17N3O4S2/c1-10-16-12(9-23-10)5-7-15(19)17-11-4-6-13(14(8-11)22-2)18-24(3,20)21/h4-9,18H,1-3H3,(H,17,19). The molecule has 0 bridgehead atoms. The molecule has 0 fully saturated rings. The fraction of sp³-hybridized carbons (Fsp3) is 0.200. The monoisotopic (exact) mass is 367 g/mol. The number of methoxy groups -OCH3 is 1. The molecule has 2 rings (SSSR count). The van der Waals surface area contributed by atoms with E-state index in [9.17, 15) is 13.2 Å². The number of carbonyl (C=O) groups is 1. The Labute approximate surface area is 144 Å². The highest BCUT2D eigenvalue weighted by atomic mass is 32.2. The summed E-state index contributed by atoms with van der Waals surface area (Å²) in [7, 11) is -2.00. The smallest absolute Gasteiger partial charge is 0.248 e. The van der Waals surface area contributed by atoms with Crippen molar-refractivity contribution >= 4 is 44.7 Å². The fourth-order valence-corrected chi connectivity index (χ4v) is 3.00. The molecule has 128 valence electrons. The summed E-state index contributed by atoms with van der Waals surface area (Å²) < 4.78 is 30.1. The Balaban J connectivity index is 2.09. The van der Waals surface area contributed by atoms with Crippen LogP contribution in [0.3, 0.4) is 0 Å². The van der Waals surface area contributed by atoms with Gasteiger partial charge in [-0.15, -0.1) is 11.3 Å². The summed E-state index contributed by atoms with van der Waals surface area (Å²) in [6.07, 6.45) is 4.05. The Hall–Kier alpha value is -2.39. The van der Waals surface area contributed by atoms with Gasteiger partial charge in [-0.1, -0.05) is 0 Å². The fourth-order valence-electron chi connectivity index (χ4n) is 1.85. The van der Waals surface area contributed by atoms with E-state index in [1.54, 1.807) is 12.1 Å². The summed E-state index contributed by atoms with van der Waals surface area (Å²) >= 11 is 1.50. The number of sulfonamides is 1. The number of nitrogens with zero attached hydrogens (tertiary/aromatic N) is 1.